The summed E-state index contributed by atoms with van der Waals surface area (Å²) in [7, 11) is 0. The molecule has 0 saturated carbocycles. The fourth-order valence-corrected chi connectivity index (χ4v) is 2.31. The minimum Gasteiger partial charge on any atom is -0.481 e. The third-order valence-electron chi connectivity index (χ3n) is 3.07. The van der Waals surface area contributed by atoms with E-state index in [9.17, 15) is 9.59 Å². The van der Waals surface area contributed by atoms with E-state index in [0.29, 0.717) is 11.3 Å². The molecule has 110 valence electrons. The van der Waals surface area contributed by atoms with Crippen molar-refractivity contribution in [2.45, 2.75) is 27.2 Å². The van der Waals surface area contributed by atoms with Gasteiger partial charge in [0.2, 0.25) is 0 Å². The number of rotatable bonds is 4. The average Bonchev–Trinajstić information content (AvgIpc) is 2.68. The molecule has 0 radical (unpaired) electrons. The first-order valence-electron chi connectivity index (χ1n) is 6.55. The lowest BCUT2D eigenvalue weighted by molar-refractivity contribution is -0.136. The zero-order chi connectivity index (χ0) is 15.6. The van der Waals surface area contributed by atoms with Gasteiger partial charge in [-0.15, -0.1) is 0 Å². The Bertz CT molecular complexity index is 680. The zero-order valence-electron chi connectivity index (χ0n) is 12.2. The topological polar surface area (TPSA) is 79.5 Å². The van der Waals surface area contributed by atoms with E-state index in [4.69, 9.17) is 9.52 Å². The summed E-state index contributed by atoms with van der Waals surface area (Å²) < 4.78 is 5.17. The molecule has 2 rings (SSSR count). The molecular formula is C16H17NO4. The summed E-state index contributed by atoms with van der Waals surface area (Å²) >= 11 is 0. The molecule has 0 aliphatic carbocycles. The van der Waals surface area contributed by atoms with Crippen molar-refractivity contribution in [1.29, 1.82) is 0 Å². The smallest absolute Gasteiger partial charge is 0.311 e. The minimum absolute atomic E-state index is 0.168. The molecule has 2 N–H and O–H groups in total. The van der Waals surface area contributed by atoms with E-state index in [-0.39, 0.29) is 23.7 Å². The molecule has 0 aliphatic heterocycles. The van der Waals surface area contributed by atoms with Gasteiger partial charge in [-0.2, -0.15) is 0 Å². The molecular weight excluding hydrogens is 270 g/mol. The van der Waals surface area contributed by atoms with Gasteiger partial charge in [0.1, 0.15) is 12.2 Å². The monoisotopic (exact) mass is 287 g/mol. The zero-order valence-corrected chi connectivity index (χ0v) is 12.2. The van der Waals surface area contributed by atoms with Gasteiger partial charge in [0.25, 0.3) is 5.91 Å². The molecule has 2 aromatic rings. The Morgan fingerprint density at radius 2 is 1.76 bits per heavy atom. The van der Waals surface area contributed by atoms with Crippen molar-refractivity contribution in [3.05, 3.63) is 52.5 Å². The quantitative estimate of drug-likeness (QED) is 0.905. The van der Waals surface area contributed by atoms with Crippen LogP contribution in [0.25, 0.3) is 0 Å². The number of carbonyl (C=O) groups is 2. The van der Waals surface area contributed by atoms with Crippen LogP contribution in [0.1, 0.15) is 32.8 Å². The highest BCUT2D eigenvalue weighted by molar-refractivity contribution is 6.06. The molecule has 0 saturated heterocycles. The second kappa shape index (κ2) is 5.83. The van der Waals surface area contributed by atoms with Crippen molar-refractivity contribution in [3.63, 3.8) is 0 Å². The lowest BCUT2D eigenvalue weighted by Crippen LogP contribution is -2.15. The van der Waals surface area contributed by atoms with Crippen molar-refractivity contribution < 1.29 is 19.1 Å². The molecule has 0 unspecified atom stereocenters. The van der Waals surface area contributed by atoms with Crippen LogP contribution in [-0.4, -0.2) is 17.0 Å². The molecule has 1 aromatic carbocycles. The van der Waals surface area contributed by atoms with Gasteiger partial charge in [-0.05, 0) is 44.0 Å². The molecule has 0 aliphatic rings. The van der Waals surface area contributed by atoms with Crippen molar-refractivity contribution in [1.82, 2.24) is 0 Å². The molecule has 0 fully saturated rings. The van der Waals surface area contributed by atoms with Gasteiger partial charge in [-0.3, -0.25) is 9.59 Å². The first-order chi connectivity index (χ1) is 9.86. The van der Waals surface area contributed by atoms with Gasteiger partial charge in [0.05, 0.1) is 11.8 Å². The second-order valence-electron chi connectivity index (χ2n) is 5.12. The highest BCUT2D eigenvalue weighted by Crippen LogP contribution is 2.20. The van der Waals surface area contributed by atoms with Gasteiger partial charge in [-0.25, -0.2) is 0 Å². The maximum absolute atomic E-state index is 12.4. The Morgan fingerprint density at radius 1 is 1.14 bits per heavy atom. The molecule has 21 heavy (non-hydrogen) atoms. The van der Waals surface area contributed by atoms with Crippen LogP contribution >= 0.6 is 0 Å². The molecule has 0 spiro atoms. The molecule has 1 amide bonds. The lowest BCUT2D eigenvalue weighted by Gasteiger charge is -2.08. The maximum Gasteiger partial charge on any atom is 0.311 e. The van der Waals surface area contributed by atoms with Gasteiger partial charge in [0, 0.05) is 11.3 Å². The number of carboxylic acids is 1. The minimum atomic E-state index is -1.04. The van der Waals surface area contributed by atoms with E-state index < -0.39 is 5.97 Å². The van der Waals surface area contributed by atoms with Gasteiger partial charge >= 0.3 is 5.97 Å². The van der Waals surface area contributed by atoms with Crippen LogP contribution < -0.4 is 5.32 Å². The summed E-state index contributed by atoms with van der Waals surface area (Å²) in [6.07, 6.45) is 1.08. The number of amides is 1. The molecule has 5 nitrogen and oxygen atoms in total. The maximum atomic E-state index is 12.4. The van der Waals surface area contributed by atoms with E-state index in [2.05, 4.69) is 5.32 Å². The number of carboxylic acid groups (broad SMARTS) is 1. The van der Waals surface area contributed by atoms with Crippen molar-refractivity contribution in [2.75, 3.05) is 5.32 Å². The van der Waals surface area contributed by atoms with Gasteiger partial charge < -0.3 is 14.8 Å². The largest absolute Gasteiger partial charge is 0.481 e. The first-order valence-corrected chi connectivity index (χ1v) is 6.55. The first kappa shape index (κ1) is 14.8. The second-order valence-corrected chi connectivity index (χ2v) is 5.12. The fraction of sp³-hybridized carbons (Fsp3) is 0.250. The Hall–Kier alpha value is -2.56. The van der Waals surface area contributed by atoms with E-state index in [1.54, 1.807) is 6.92 Å². The molecule has 1 aromatic heterocycles. The summed E-state index contributed by atoms with van der Waals surface area (Å²) in [5.74, 6) is -1.23. The fourth-order valence-electron chi connectivity index (χ4n) is 2.31. The van der Waals surface area contributed by atoms with Crippen LogP contribution in [0, 0.1) is 20.8 Å². The normalized spacial score (nSPS) is 10.4. The number of hydrogen-bond donors (Lipinski definition) is 2. The summed E-state index contributed by atoms with van der Waals surface area (Å²) in [6, 6.07) is 5.73. The highest BCUT2D eigenvalue weighted by atomic mass is 16.4. The summed E-state index contributed by atoms with van der Waals surface area (Å²) in [5.41, 5.74) is 3.67. The number of furan rings is 1. The summed E-state index contributed by atoms with van der Waals surface area (Å²) in [4.78, 5) is 23.2. The van der Waals surface area contributed by atoms with E-state index in [1.165, 1.54) is 6.26 Å². The molecule has 0 bridgehead atoms. The van der Waals surface area contributed by atoms with Crippen molar-refractivity contribution in [3.8, 4) is 0 Å². The van der Waals surface area contributed by atoms with Crippen LogP contribution in [-0.2, 0) is 11.2 Å². The standard InChI is InChI=1S/C16H17NO4/c1-9-4-10(2)6-12(5-9)17-16(20)15-11(3)8-21-13(15)7-14(18)19/h4-6,8H,7H2,1-3H3,(H,17,20)(H,18,19). The number of aliphatic carboxylic acids is 1. The van der Waals surface area contributed by atoms with Crippen LogP contribution in [0.5, 0.6) is 0 Å². The van der Waals surface area contributed by atoms with Gasteiger partial charge in [0.15, 0.2) is 0 Å². The molecule has 0 atom stereocenters. The average molecular weight is 287 g/mol. The number of anilines is 1. The van der Waals surface area contributed by atoms with Crippen LogP contribution in [0.15, 0.2) is 28.9 Å². The number of carbonyl (C=O) groups excluding carboxylic acids is 1. The third kappa shape index (κ3) is 3.51. The van der Waals surface area contributed by atoms with Crippen LogP contribution in [0.4, 0.5) is 5.69 Å². The Balaban J connectivity index is 2.28. The van der Waals surface area contributed by atoms with Crippen molar-refractivity contribution >= 4 is 17.6 Å². The van der Waals surface area contributed by atoms with Crippen LogP contribution in [0.2, 0.25) is 0 Å². The molecule has 1 heterocycles. The third-order valence-corrected chi connectivity index (χ3v) is 3.07. The van der Waals surface area contributed by atoms with E-state index in [1.807, 2.05) is 32.0 Å². The van der Waals surface area contributed by atoms with Crippen LogP contribution in [0.3, 0.4) is 0 Å². The van der Waals surface area contributed by atoms with E-state index in [0.717, 1.165) is 11.1 Å². The van der Waals surface area contributed by atoms with Gasteiger partial charge in [-0.1, -0.05) is 6.07 Å². The summed E-state index contributed by atoms with van der Waals surface area (Å²) in [5, 5.41) is 11.6. The predicted octanol–water partition coefficient (Wildman–Crippen LogP) is 3.08. The number of benzene rings is 1. The molecule has 5 heteroatoms. The number of aryl methyl sites for hydroxylation is 3. The Labute approximate surface area is 122 Å². The number of hydrogen-bond acceptors (Lipinski definition) is 3. The summed E-state index contributed by atoms with van der Waals surface area (Å²) in [6.45, 7) is 5.61. The highest BCUT2D eigenvalue weighted by Gasteiger charge is 2.20. The number of nitrogens with one attached hydrogen (secondary N) is 1. The van der Waals surface area contributed by atoms with Crippen molar-refractivity contribution in [2.24, 2.45) is 0 Å². The van der Waals surface area contributed by atoms with E-state index >= 15 is 0 Å². The Morgan fingerprint density at radius 3 is 2.33 bits per heavy atom. The predicted molar refractivity (Wildman–Crippen MR) is 78.7 cm³/mol. The lowest BCUT2D eigenvalue weighted by atomic mass is 10.1. The Kier molecular flexibility index (Phi) is 4.12. The SMILES string of the molecule is Cc1cc(C)cc(NC(=O)c2c(C)coc2CC(=O)O)c1.